The van der Waals surface area contributed by atoms with Crippen molar-refractivity contribution in [3.63, 3.8) is 0 Å². The molecule has 1 aliphatic carbocycles. The first kappa shape index (κ1) is 19.6. The summed E-state index contributed by atoms with van der Waals surface area (Å²) in [6.07, 6.45) is 1.26. The van der Waals surface area contributed by atoms with Crippen molar-refractivity contribution in [1.82, 2.24) is 10.2 Å². The van der Waals surface area contributed by atoms with Gasteiger partial charge >= 0.3 is 5.97 Å². The Balaban J connectivity index is 1.54. The van der Waals surface area contributed by atoms with Crippen molar-refractivity contribution >= 4 is 28.9 Å². The summed E-state index contributed by atoms with van der Waals surface area (Å²) in [5.41, 5.74) is 4.57. The number of aliphatic carboxylic acids is 1. The number of carbonyl (C=O) groups is 2. The molecule has 1 aliphatic heterocycles. The summed E-state index contributed by atoms with van der Waals surface area (Å²) in [5, 5.41) is 21.8. The molecule has 0 bridgehead atoms. The van der Waals surface area contributed by atoms with Crippen LogP contribution in [0, 0.1) is 6.92 Å². The Kier molecular flexibility index (Phi) is 4.86. The molecule has 2 aliphatic rings. The Bertz CT molecular complexity index is 1180. The molecular formula is C23H21N3O4S. The molecule has 0 radical (unpaired) electrons. The average Bonchev–Trinajstić information content (AvgIpc) is 3.42. The standard InChI is InChI=1S/C23H21N3O4S/c1-12-20-21(13-4-6-15(7-5-13)30-11-19(28)29)22-16(24-23(20)26-25-12)9-14(10-17(22)27)18-3-2-8-31-18/h2-8,14,21H,9-11H2,1H3,(H,28,29)(H2,24,25,26)/t14-,21-/m1/s1. The summed E-state index contributed by atoms with van der Waals surface area (Å²) in [6.45, 7) is 1.56. The second-order valence-corrected chi connectivity index (χ2v) is 8.84. The van der Waals surface area contributed by atoms with Gasteiger partial charge in [0.1, 0.15) is 5.75 Å². The van der Waals surface area contributed by atoms with E-state index < -0.39 is 12.6 Å². The highest BCUT2D eigenvalue weighted by atomic mass is 32.1. The van der Waals surface area contributed by atoms with E-state index in [4.69, 9.17) is 9.84 Å². The van der Waals surface area contributed by atoms with Gasteiger partial charge in [0, 0.05) is 45.7 Å². The van der Waals surface area contributed by atoms with Gasteiger partial charge < -0.3 is 15.2 Å². The molecule has 3 aromatic rings. The number of Topliss-reactive ketones (excluding diaryl/α,β-unsaturated/α-hetero) is 1. The molecule has 2 atom stereocenters. The Morgan fingerprint density at radius 1 is 1.26 bits per heavy atom. The van der Waals surface area contributed by atoms with E-state index in [1.54, 1.807) is 23.5 Å². The number of ether oxygens (including phenoxy) is 1. The lowest BCUT2D eigenvalue weighted by molar-refractivity contribution is -0.139. The van der Waals surface area contributed by atoms with E-state index in [2.05, 4.69) is 21.6 Å². The molecule has 0 spiro atoms. The van der Waals surface area contributed by atoms with Crippen molar-refractivity contribution < 1.29 is 19.4 Å². The molecular weight excluding hydrogens is 414 g/mol. The fraction of sp³-hybridized carbons (Fsp3) is 0.261. The number of aryl methyl sites for hydroxylation is 1. The van der Waals surface area contributed by atoms with Gasteiger partial charge in [-0.2, -0.15) is 5.10 Å². The predicted octanol–water partition coefficient (Wildman–Crippen LogP) is 4.20. The number of allylic oxidation sites excluding steroid dienone is 2. The number of carboxylic acids is 1. The number of ketones is 1. The topological polar surface area (TPSA) is 104 Å². The van der Waals surface area contributed by atoms with Gasteiger partial charge in [-0.25, -0.2) is 4.79 Å². The molecule has 5 rings (SSSR count). The largest absolute Gasteiger partial charge is 0.482 e. The molecule has 3 N–H and O–H groups in total. The van der Waals surface area contributed by atoms with Gasteiger partial charge in [0.05, 0.1) is 0 Å². The molecule has 0 saturated heterocycles. The van der Waals surface area contributed by atoms with Gasteiger partial charge in [0.2, 0.25) is 0 Å². The zero-order chi connectivity index (χ0) is 21.5. The summed E-state index contributed by atoms with van der Waals surface area (Å²) in [7, 11) is 0. The van der Waals surface area contributed by atoms with E-state index in [1.807, 2.05) is 30.5 Å². The molecule has 0 saturated carbocycles. The minimum absolute atomic E-state index is 0.148. The second-order valence-electron chi connectivity index (χ2n) is 7.86. The number of carboxylic acid groups (broad SMARTS) is 1. The van der Waals surface area contributed by atoms with Crippen molar-refractivity contribution in [1.29, 1.82) is 0 Å². The lowest BCUT2D eigenvalue weighted by Crippen LogP contribution is -2.29. The predicted molar refractivity (Wildman–Crippen MR) is 117 cm³/mol. The minimum atomic E-state index is -1.02. The quantitative estimate of drug-likeness (QED) is 0.555. The van der Waals surface area contributed by atoms with Crippen molar-refractivity contribution in [2.75, 3.05) is 11.9 Å². The first-order chi connectivity index (χ1) is 15.0. The van der Waals surface area contributed by atoms with Crippen molar-refractivity contribution in [2.24, 2.45) is 0 Å². The maximum Gasteiger partial charge on any atom is 0.341 e. The average molecular weight is 436 g/mol. The number of aromatic amines is 1. The van der Waals surface area contributed by atoms with Crippen LogP contribution in [0.5, 0.6) is 5.75 Å². The minimum Gasteiger partial charge on any atom is -0.482 e. The van der Waals surface area contributed by atoms with Crippen LogP contribution in [-0.2, 0) is 9.59 Å². The third-order valence-corrected chi connectivity index (χ3v) is 6.91. The fourth-order valence-corrected chi connectivity index (χ4v) is 5.35. The zero-order valence-corrected chi connectivity index (χ0v) is 17.7. The summed E-state index contributed by atoms with van der Waals surface area (Å²) < 4.78 is 5.26. The number of hydrogen-bond donors (Lipinski definition) is 3. The number of thiophene rings is 1. The molecule has 0 amide bonds. The number of nitrogens with one attached hydrogen (secondary N) is 2. The second kappa shape index (κ2) is 7.70. The number of fused-ring (bicyclic) bond motifs is 1. The number of hydrogen-bond acceptors (Lipinski definition) is 6. The number of nitrogens with zero attached hydrogens (tertiary/aromatic N) is 1. The first-order valence-corrected chi connectivity index (χ1v) is 10.9. The van der Waals surface area contributed by atoms with Crippen molar-refractivity contribution in [3.05, 3.63) is 74.7 Å². The maximum absolute atomic E-state index is 13.4. The van der Waals surface area contributed by atoms with Gasteiger partial charge in [-0.05, 0) is 42.5 Å². The summed E-state index contributed by atoms with van der Waals surface area (Å²) >= 11 is 1.69. The van der Waals surface area contributed by atoms with Crippen LogP contribution in [0.3, 0.4) is 0 Å². The number of H-pyrrole nitrogens is 1. The van der Waals surface area contributed by atoms with Crippen LogP contribution in [0.25, 0.3) is 0 Å². The van der Waals surface area contributed by atoms with E-state index in [9.17, 15) is 9.59 Å². The van der Waals surface area contributed by atoms with E-state index in [0.717, 1.165) is 40.3 Å². The lowest BCUT2D eigenvalue weighted by atomic mass is 9.73. The van der Waals surface area contributed by atoms with Crippen LogP contribution in [0.15, 0.2) is 53.0 Å². The monoisotopic (exact) mass is 435 g/mol. The van der Waals surface area contributed by atoms with E-state index >= 15 is 0 Å². The third kappa shape index (κ3) is 3.53. The van der Waals surface area contributed by atoms with Crippen LogP contribution in [0.4, 0.5) is 5.82 Å². The van der Waals surface area contributed by atoms with E-state index in [0.29, 0.717) is 12.2 Å². The highest BCUT2D eigenvalue weighted by molar-refractivity contribution is 7.10. The number of aromatic nitrogens is 2. The van der Waals surface area contributed by atoms with Crippen molar-refractivity contribution in [3.8, 4) is 5.75 Å². The highest BCUT2D eigenvalue weighted by Gasteiger charge is 2.40. The molecule has 2 aromatic heterocycles. The van der Waals surface area contributed by atoms with E-state index in [-0.39, 0.29) is 17.6 Å². The van der Waals surface area contributed by atoms with Crippen LogP contribution in [-0.4, -0.2) is 33.7 Å². The van der Waals surface area contributed by atoms with Gasteiger partial charge in [-0.3, -0.25) is 9.89 Å². The Morgan fingerprint density at radius 3 is 2.77 bits per heavy atom. The molecule has 158 valence electrons. The fourth-order valence-electron chi connectivity index (χ4n) is 4.52. The van der Waals surface area contributed by atoms with Gasteiger partial charge in [0.25, 0.3) is 0 Å². The Labute approximate surface area is 182 Å². The highest BCUT2D eigenvalue weighted by Crippen LogP contribution is 2.48. The van der Waals surface area contributed by atoms with E-state index in [1.165, 1.54) is 4.88 Å². The summed E-state index contributed by atoms with van der Waals surface area (Å²) in [4.78, 5) is 25.4. The zero-order valence-electron chi connectivity index (χ0n) is 16.8. The molecule has 3 heterocycles. The molecule has 1 aromatic carbocycles. The number of rotatable bonds is 5. The Hall–Kier alpha value is -3.39. The van der Waals surface area contributed by atoms with Gasteiger partial charge in [0.15, 0.2) is 18.2 Å². The lowest BCUT2D eigenvalue weighted by Gasteiger charge is -2.34. The molecule has 8 heteroatoms. The van der Waals surface area contributed by atoms with Crippen LogP contribution < -0.4 is 10.1 Å². The summed E-state index contributed by atoms with van der Waals surface area (Å²) in [6, 6.07) is 11.4. The van der Waals surface area contributed by atoms with Crippen LogP contribution in [0.2, 0.25) is 0 Å². The van der Waals surface area contributed by atoms with Crippen molar-refractivity contribution in [2.45, 2.75) is 31.6 Å². The normalized spacial score (nSPS) is 20.1. The molecule has 7 nitrogen and oxygen atoms in total. The number of anilines is 1. The van der Waals surface area contributed by atoms with Gasteiger partial charge in [-0.1, -0.05) is 18.2 Å². The smallest absolute Gasteiger partial charge is 0.341 e. The first-order valence-electron chi connectivity index (χ1n) is 10.1. The van der Waals surface area contributed by atoms with Gasteiger partial charge in [-0.15, -0.1) is 11.3 Å². The SMILES string of the molecule is Cc1[nH]nc2c1[C@@H](c1ccc(OCC(=O)O)cc1)C1=C(C[C@@H](c3cccs3)CC1=O)N2. The van der Waals surface area contributed by atoms with Crippen LogP contribution in [0.1, 0.15) is 46.4 Å². The summed E-state index contributed by atoms with van der Waals surface area (Å²) in [5.74, 6) is 0.305. The molecule has 31 heavy (non-hydrogen) atoms. The number of carbonyl (C=O) groups excluding carboxylic acids is 1. The third-order valence-electron chi connectivity index (χ3n) is 5.87. The maximum atomic E-state index is 13.4. The van der Waals surface area contributed by atoms with Crippen LogP contribution >= 0.6 is 11.3 Å². The number of benzene rings is 1. The molecule has 0 unspecified atom stereocenters. The molecule has 0 fully saturated rings. The Morgan fingerprint density at radius 2 is 2.06 bits per heavy atom.